The van der Waals surface area contributed by atoms with Gasteiger partial charge in [-0.3, -0.25) is 9.59 Å². The third-order valence-corrected chi connectivity index (χ3v) is 7.70. The van der Waals surface area contributed by atoms with E-state index in [9.17, 15) is 9.59 Å². The zero-order chi connectivity index (χ0) is 26.6. The highest BCUT2D eigenvalue weighted by Crippen LogP contribution is 2.41. The smallest absolute Gasteiger partial charge is 0.224 e. The van der Waals surface area contributed by atoms with Crippen LogP contribution in [-0.2, 0) is 20.7 Å². The van der Waals surface area contributed by atoms with E-state index in [-0.39, 0.29) is 23.9 Å². The van der Waals surface area contributed by atoms with Gasteiger partial charge in [-0.25, -0.2) is 0 Å². The highest BCUT2D eigenvalue weighted by molar-refractivity contribution is 5.94. The molecule has 1 saturated heterocycles. The molecule has 0 saturated carbocycles. The number of ether oxygens (including phenoxy) is 1. The topological polar surface area (TPSA) is 70.7 Å². The molecule has 2 heterocycles. The van der Waals surface area contributed by atoms with Crippen molar-refractivity contribution in [1.82, 2.24) is 0 Å². The monoisotopic (exact) mass is 511 g/mol. The predicted octanol–water partition coefficient (Wildman–Crippen LogP) is 6.58. The van der Waals surface area contributed by atoms with E-state index in [0.29, 0.717) is 5.92 Å². The van der Waals surface area contributed by atoms with Crippen LogP contribution in [0.2, 0.25) is 0 Å². The summed E-state index contributed by atoms with van der Waals surface area (Å²) in [5.41, 5.74) is 7.33. The van der Waals surface area contributed by atoms with E-state index in [1.165, 1.54) is 12.5 Å². The Balaban J connectivity index is 1.41. The molecule has 2 atom stereocenters. The lowest BCUT2D eigenvalue weighted by Crippen LogP contribution is -2.43. The lowest BCUT2D eigenvalue weighted by atomic mass is 9.88. The van der Waals surface area contributed by atoms with Gasteiger partial charge in [0.1, 0.15) is 0 Å². The van der Waals surface area contributed by atoms with E-state index in [1.54, 1.807) is 6.92 Å². The summed E-state index contributed by atoms with van der Waals surface area (Å²) in [6.45, 7) is 7.01. The van der Waals surface area contributed by atoms with Crippen LogP contribution in [-0.4, -0.2) is 31.1 Å². The Morgan fingerprint density at radius 3 is 2.37 bits per heavy atom. The molecule has 0 spiro atoms. The predicted molar refractivity (Wildman–Crippen MR) is 153 cm³/mol. The summed E-state index contributed by atoms with van der Waals surface area (Å²) in [7, 11) is 0. The van der Waals surface area contributed by atoms with Crippen LogP contribution in [0.3, 0.4) is 0 Å². The van der Waals surface area contributed by atoms with Crippen molar-refractivity contribution in [2.24, 2.45) is 5.92 Å². The summed E-state index contributed by atoms with van der Waals surface area (Å²) < 4.78 is 5.51. The molecule has 3 aromatic rings. The van der Waals surface area contributed by atoms with Gasteiger partial charge in [-0.05, 0) is 97.2 Å². The number of nitrogens with zero attached hydrogens (tertiary/aromatic N) is 1. The van der Waals surface area contributed by atoms with E-state index in [1.807, 2.05) is 29.2 Å². The van der Waals surface area contributed by atoms with E-state index in [4.69, 9.17) is 4.74 Å². The van der Waals surface area contributed by atoms with Gasteiger partial charge in [0.05, 0.1) is 6.04 Å². The third kappa shape index (κ3) is 5.91. The first kappa shape index (κ1) is 26.0. The average Bonchev–Trinajstić information content (AvgIpc) is 2.90. The first-order chi connectivity index (χ1) is 18.4. The highest BCUT2D eigenvalue weighted by atomic mass is 16.5. The second-order valence-electron chi connectivity index (χ2n) is 10.7. The molecule has 5 rings (SSSR count). The summed E-state index contributed by atoms with van der Waals surface area (Å²) in [5.74, 6) is 0.658. The van der Waals surface area contributed by atoms with Crippen LogP contribution in [0.5, 0.6) is 0 Å². The number of hydrogen-bond donors (Lipinski definition) is 2. The Labute approximate surface area is 225 Å². The standard InChI is InChI=1S/C32H37N3O3/c1-21-17-31(34-28-10-7-24(8-11-28)18-25-13-15-38-16-14-25)30-20-27(9-12-32(30)35(21)23(3)37)26-5-4-6-29(19-26)33-22(2)36/h4-12,19-21,25,31,34H,13-18H2,1-3H3,(H,33,36)/t21-,31+/m0/s1. The molecule has 38 heavy (non-hydrogen) atoms. The summed E-state index contributed by atoms with van der Waals surface area (Å²) in [4.78, 5) is 26.1. The van der Waals surface area contributed by atoms with E-state index < -0.39 is 0 Å². The first-order valence-corrected chi connectivity index (χ1v) is 13.6. The van der Waals surface area contributed by atoms with Gasteiger partial charge < -0.3 is 20.3 Å². The van der Waals surface area contributed by atoms with Crippen LogP contribution < -0.4 is 15.5 Å². The minimum absolute atomic E-state index is 0.0510. The fourth-order valence-corrected chi connectivity index (χ4v) is 5.86. The molecule has 0 unspecified atom stereocenters. The number of anilines is 3. The largest absolute Gasteiger partial charge is 0.381 e. The van der Waals surface area contributed by atoms with E-state index >= 15 is 0 Å². The van der Waals surface area contributed by atoms with Crippen molar-refractivity contribution in [2.75, 3.05) is 28.7 Å². The van der Waals surface area contributed by atoms with Gasteiger partial charge in [0.15, 0.2) is 0 Å². The molecule has 0 aromatic heterocycles. The molecule has 0 radical (unpaired) electrons. The number of fused-ring (bicyclic) bond motifs is 1. The molecule has 198 valence electrons. The van der Waals surface area contributed by atoms with Crippen LogP contribution in [0.4, 0.5) is 17.1 Å². The van der Waals surface area contributed by atoms with Crippen molar-refractivity contribution in [3.8, 4) is 11.1 Å². The molecule has 2 aliphatic rings. The quantitative estimate of drug-likeness (QED) is 0.392. The van der Waals surface area contributed by atoms with Gasteiger partial charge in [0.2, 0.25) is 11.8 Å². The van der Waals surface area contributed by atoms with Crippen LogP contribution >= 0.6 is 0 Å². The zero-order valence-corrected chi connectivity index (χ0v) is 22.5. The Bertz CT molecular complexity index is 1300. The molecule has 6 heteroatoms. The SMILES string of the molecule is CC(=O)Nc1cccc(-c2ccc3c(c2)[C@H](Nc2ccc(CC4CCOCC4)cc2)C[C@H](C)N3C(C)=O)c1. The van der Waals surface area contributed by atoms with Crippen molar-refractivity contribution in [3.05, 3.63) is 77.9 Å². The molecule has 0 aliphatic carbocycles. The van der Waals surface area contributed by atoms with Crippen molar-refractivity contribution >= 4 is 28.9 Å². The fourth-order valence-electron chi connectivity index (χ4n) is 5.86. The van der Waals surface area contributed by atoms with Gasteiger partial charge in [-0.2, -0.15) is 0 Å². The van der Waals surface area contributed by atoms with Gasteiger partial charge in [0.25, 0.3) is 0 Å². The van der Waals surface area contributed by atoms with Crippen molar-refractivity contribution < 1.29 is 14.3 Å². The van der Waals surface area contributed by atoms with Gasteiger partial charge in [0, 0.05) is 50.2 Å². The minimum Gasteiger partial charge on any atom is -0.381 e. The first-order valence-electron chi connectivity index (χ1n) is 13.6. The lowest BCUT2D eigenvalue weighted by molar-refractivity contribution is -0.117. The number of hydrogen-bond acceptors (Lipinski definition) is 4. The van der Waals surface area contributed by atoms with Crippen molar-refractivity contribution in [1.29, 1.82) is 0 Å². The molecular weight excluding hydrogens is 474 g/mol. The van der Waals surface area contributed by atoms with E-state index in [2.05, 4.69) is 60.0 Å². The van der Waals surface area contributed by atoms with Gasteiger partial charge >= 0.3 is 0 Å². The third-order valence-electron chi connectivity index (χ3n) is 7.70. The minimum atomic E-state index is -0.0956. The Morgan fingerprint density at radius 1 is 0.921 bits per heavy atom. The second-order valence-corrected chi connectivity index (χ2v) is 10.7. The molecule has 2 amide bonds. The van der Waals surface area contributed by atoms with Gasteiger partial charge in [-0.15, -0.1) is 0 Å². The summed E-state index contributed by atoms with van der Waals surface area (Å²) in [6, 6.07) is 23.1. The Hall–Kier alpha value is -3.64. The van der Waals surface area contributed by atoms with Crippen LogP contribution in [0, 0.1) is 5.92 Å². The number of rotatable bonds is 6. The number of carbonyl (C=O) groups excluding carboxylic acids is 2. The van der Waals surface area contributed by atoms with Crippen molar-refractivity contribution in [2.45, 2.75) is 58.5 Å². The zero-order valence-electron chi connectivity index (χ0n) is 22.5. The molecule has 2 N–H and O–H groups in total. The number of carbonyl (C=O) groups is 2. The summed E-state index contributed by atoms with van der Waals surface area (Å²) in [5, 5.41) is 6.63. The molecule has 3 aromatic carbocycles. The van der Waals surface area contributed by atoms with Crippen LogP contribution in [0.15, 0.2) is 66.7 Å². The van der Waals surface area contributed by atoms with Crippen LogP contribution in [0.1, 0.15) is 57.2 Å². The number of benzene rings is 3. The molecule has 0 bridgehead atoms. The summed E-state index contributed by atoms with van der Waals surface area (Å²) in [6.07, 6.45) is 4.19. The second kappa shape index (κ2) is 11.4. The highest BCUT2D eigenvalue weighted by Gasteiger charge is 2.32. The maximum atomic E-state index is 12.6. The van der Waals surface area contributed by atoms with E-state index in [0.717, 1.165) is 72.6 Å². The number of nitrogens with one attached hydrogen (secondary N) is 2. The molecular formula is C32H37N3O3. The van der Waals surface area contributed by atoms with Gasteiger partial charge in [-0.1, -0.05) is 30.3 Å². The average molecular weight is 512 g/mol. The lowest BCUT2D eigenvalue weighted by Gasteiger charge is -2.40. The fraction of sp³-hybridized carbons (Fsp3) is 0.375. The maximum absolute atomic E-state index is 12.6. The maximum Gasteiger partial charge on any atom is 0.224 e. The normalized spacial score (nSPS) is 19.5. The van der Waals surface area contributed by atoms with Crippen molar-refractivity contribution in [3.63, 3.8) is 0 Å². The number of amides is 2. The molecule has 6 nitrogen and oxygen atoms in total. The molecule has 2 aliphatic heterocycles. The Morgan fingerprint density at radius 2 is 1.66 bits per heavy atom. The molecule has 1 fully saturated rings. The summed E-state index contributed by atoms with van der Waals surface area (Å²) >= 11 is 0. The Kier molecular flexibility index (Phi) is 7.79. The van der Waals surface area contributed by atoms with Crippen LogP contribution in [0.25, 0.3) is 11.1 Å².